The number of carbonyl (C=O) groups is 2. The lowest BCUT2D eigenvalue weighted by molar-refractivity contribution is -0.149. The van der Waals surface area contributed by atoms with Gasteiger partial charge in [0, 0.05) is 18.1 Å². The molecule has 8 heteroatoms. The van der Waals surface area contributed by atoms with Gasteiger partial charge in [0.2, 0.25) is 5.91 Å². The molecule has 154 valence electrons. The average Bonchev–Trinajstić information content (AvgIpc) is 3.18. The zero-order valence-electron chi connectivity index (χ0n) is 15.9. The summed E-state index contributed by atoms with van der Waals surface area (Å²) in [6.45, 7) is 0.399. The number of ether oxygens (including phenoxy) is 2. The maximum absolute atomic E-state index is 12.5. The van der Waals surface area contributed by atoms with E-state index in [1.807, 2.05) is 36.4 Å². The highest BCUT2D eigenvalue weighted by atomic mass is 35.5. The van der Waals surface area contributed by atoms with Crippen molar-refractivity contribution >= 4 is 35.2 Å². The summed E-state index contributed by atoms with van der Waals surface area (Å²) in [5.74, 6) is 0.291. The number of benzene rings is 2. The summed E-state index contributed by atoms with van der Waals surface area (Å²) in [6.07, 6.45) is 0.0950. The third-order valence-electron chi connectivity index (χ3n) is 4.59. The van der Waals surface area contributed by atoms with Crippen molar-refractivity contribution in [1.29, 1.82) is 0 Å². The van der Waals surface area contributed by atoms with Crippen LogP contribution in [0.15, 0.2) is 48.5 Å². The summed E-state index contributed by atoms with van der Waals surface area (Å²) in [5.41, 5.74) is 1.82. The van der Waals surface area contributed by atoms with Crippen molar-refractivity contribution in [2.45, 2.75) is 24.4 Å². The SMILES string of the molecule is COc1cc(C2SCC(C(=O)O)N2C(=O)CCCl)ccc1OCc1ccccc1. The van der Waals surface area contributed by atoms with Crippen molar-refractivity contribution in [2.75, 3.05) is 18.7 Å². The molecule has 2 atom stereocenters. The van der Waals surface area contributed by atoms with Gasteiger partial charge < -0.3 is 19.5 Å². The quantitative estimate of drug-likeness (QED) is 0.633. The Kier molecular flexibility index (Phi) is 7.28. The van der Waals surface area contributed by atoms with Crippen molar-refractivity contribution in [2.24, 2.45) is 0 Å². The minimum atomic E-state index is -1.02. The first kappa shape index (κ1) is 21.3. The number of rotatable bonds is 8. The Bertz CT molecular complexity index is 863. The van der Waals surface area contributed by atoms with E-state index in [1.54, 1.807) is 19.2 Å². The highest BCUT2D eigenvalue weighted by Crippen LogP contribution is 2.44. The molecule has 0 saturated carbocycles. The van der Waals surface area contributed by atoms with Gasteiger partial charge in [0.1, 0.15) is 18.0 Å². The number of thioether (sulfide) groups is 1. The van der Waals surface area contributed by atoms with Crippen molar-refractivity contribution in [3.63, 3.8) is 0 Å². The Hall–Kier alpha value is -2.38. The summed E-state index contributed by atoms with van der Waals surface area (Å²) >= 11 is 7.13. The maximum Gasteiger partial charge on any atom is 0.327 e. The van der Waals surface area contributed by atoms with Gasteiger partial charge in [-0.3, -0.25) is 4.79 Å². The fourth-order valence-electron chi connectivity index (χ4n) is 3.16. The van der Waals surface area contributed by atoms with Crippen LogP contribution in [0.25, 0.3) is 0 Å². The minimum Gasteiger partial charge on any atom is -0.493 e. The molecule has 2 unspecified atom stereocenters. The molecule has 1 N–H and O–H groups in total. The Labute approximate surface area is 178 Å². The summed E-state index contributed by atoms with van der Waals surface area (Å²) in [5, 5.41) is 9.09. The highest BCUT2D eigenvalue weighted by molar-refractivity contribution is 7.99. The van der Waals surface area contributed by atoms with E-state index in [2.05, 4.69) is 0 Å². The molecular formula is C21H22ClNO5S. The van der Waals surface area contributed by atoms with Crippen LogP contribution in [0.4, 0.5) is 0 Å². The molecule has 0 bridgehead atoms. The van der Waals surface area contributed by atoms with Crippen LogP contribution < -0.4 is 9.47 Å². The monoisotopic (exact) mass is 435 g/mol. The van der Waals surface area contributed by atoms with E-state index >= 15 is 0 Å². The lowest BCUT2D eigenvalue weighted by atomic mass is 10.1. The number of amides is 1. The van der Waals surface area contributed by atoms with Crippen molar-refractivity contribution < 1.29 is 24.2 Å². The predicted octanol–water partition coefficient (Wildman–Crippen LogP) is 3.93. The Balaban J connectivity index is 1.82. The Morgan fingerprint density at radius 2 is 1.97 bits per heavy atom. The van der Waals surface area contributed by atoms with Crippen LogP contribution in [0.5, 0.6) is 11.5 Å². The molecule has 0 spiro atoms. The molecule has 0 radical (unpaired) electrons. The van der Waals surface area contributed by atoms with E-state index < -0.39 is 17.4 Å². The minimum absolute atomic E-state index is 0.0950. The van der Waals surface area contributed by atoms with Crippen LogP contribution in [0.1, 0.15) is 22.9 Å². The number of methoxy groups -OCH3 is 1. The number of hydrogen-bond acceptors (Lipinski definition) is 5. The van der Waals surface area contributed by atoms with Gasteiger partial charge in [-0.15, -0.1) is 23.4 Å². The molecule has 1 saturated heterocycles. The summed E-state index contributed by atoms with van der Waals surface area (Å²) < 4.78 is 11.4. The first-order valence-electron chi connectivity index (χ1n) is 9.11. The van der Waals surface area contributed by atoms with Crippen LogP contribution in [-0.2, 0) is 16.2 Å². The van der Waals surface area contributed by atoms with Gasteiger partial charge in [0.15, 0.2) is 11.5 Å². The van der Waals surface area contributed by atoms with E-state index in [4.69, 9.17) is 21.1 Å². The maximum atomic E-state index is 12.5. The first-order chi connectivity index (χ1) is 14.0. The zero-order valence-corrected chi connectivity index (χ0v) is 17.5. The number of carbonyl (C=O) groups excluding carboxylic acids is 1. The van der Waals surface area contributed by atoms with Gasteiger partial charge in [0.25, 0.3) is 0 Å². The highest BCUT2D eigenvalue weighted by Gasteiger charge is 2.42. The number of alkyl halides is 1. The number of nitrogens with zero attached hydrogens (tertiary/aromatic N) is 1. The molecule has 1 heterocycles. The van der Waals surface area contributed by atoms with Crippen LogP contribution in [0.3, 0.4) is 0 Å². The van der Waals surface area contributed by atoms with Crippen molar-refractivity contribution in [3.05, 3.63) is 59.7 Å². The van der Waals surface area contributed by atoms with Crippen LogP contribution >= 0.6 is 23.4 Å². The second-order valence-electron chi connectivity index (χ2n) is 6.46. The number of carboxylic acids is 1. The fourth-order valence-corrected chi connectivity index (χ4v) is 4.75. The number of halogens is 1. The standard InChI is InChI=1S/C21H22ClNO5S/c1-27-18-11-15(7-8-17(18)28-12-14-5-3-2-4-6-14)20-23(19(24)9-10-22)16(13-29-20)21(25)26/h2-8,11,16,20H,9-10,12-13H2,1H3,(H,25,26). The number of carboxylic acid groups (broad SMARTS) is 1. The Morgan fingerprint density at radius 3 is 2.62 bits per heavy atom. The third kappa shape index (κ3) is 4.97. The molecule has 1 aliphatic heterocycles. The van der Waals surface area contributed by atoms with E-state index in [0.717, 1.165) is 11.1 Å². The predicted molar refractivity (Wildman–Crippen MR) is 113 cm³/mol. The third-order valence-corrected chi connectivity index (χ3v) is 6.10. The molecule has 2 aromatic carbocycles. The zero-order chi connectivity index (χ0) is 20.8. The van der Waals surface area contributed by atoms with Crippen molar-refractivity contribution in [1.82, 2.24) is 4.90 Å². The molecule has 29 heavy (non-hydrogen) atoms. The summed E-state index contributed by atoms with van der Waals surface area (Å²) in [7, 11) is 1.55. The molecule has 3 rings (SSSR count). The molecule has 1 amide bonds. The smallest absolute Gasteiger partial charge is 0.327 e. The largest absolute Gasteiger partial charge is 0.493 e. The van der Waals surface area contributed by atoms with Crippen molar-refractivity contribution in [3.8, 4) is 11.5 Å². The molecule has 2 aromatic rings. The Morgan fingerprint density at radius 1 is 1.21 bits per heavy atom. The molecule has 0 aliphatic carbocycles. The normalized spacial score (nSPS) is 18.5. The van der Waals surface area contributed by atoms with E-state index in [-0.39, 0.29) is 18.2 Å². The lowest BCUT2D eigenvalue weighted by Gasteiger charge is -2.28. The van der Waals surface area contributed by atoms with Crippen LogP contribution in [0.2, 0.25) is 0 Å². The van der Waals surface area contributed by atoms with Gasteiger partial charge in [0.05, 0.1) is 7.11 Å². The van der Waals surface area contributed by atoms with Gasteiger partial charge in [-0.2, -0.15) is 0 Å². The second kappa shape index (κ2) is 9.89. The molecule has 0 aromatic heterocycles. The number of hydrogen-bond donors (Lipinski definition) is 1. The van der Waals surface area contributed by atoms with Gasteiger partial charge in [-0.05, 0) is 23.3 Å². The molecule has 1 fully saturated rings. The summed E-state index contributed by atoms with van der Waals surface area (Å²) in [4.78, 5) is 25.6. The summed E-state index contributed by atoms with van der Waals surface area (Å²) in [6, 6.07) is 14.3. The lowest BCUT2D eigenvalue weighted by Crippen LogP contribution is -2.43. The topological polar surface area (TPSA) is 76.1 Å². The molecule has 6 nitrogen and oxygen atoms in total. The fraction of sp³-hybridized carbons (Fsp3) is 0.333. The second-order valence-corrected chi connectivity index (χ2v) is 7.96. The van der Waals surface area contributed by atoms with E-state index in [9.17, 15) is 14.7 Å². The van der Waals surface area contributed by atoms with E-state index in [1.165, 1.54) is 16.7 Å². The van der Waals surface area contributed by atoms with Crippen LogP contribution in [0, 0.1) is 0 Å². The first-order valence-corrected chi connectivity index (χ1v) is 10.7. The van der Waals surface area contributed by atoms with Gasteiger partial charge in [-0.25, -0.2) is 4.79 Å². The van der Waals surface area contributed by atoms with Crippen LogP contribution in [-0.4, -0.2) is 46.7 Å². The van der Waals surface area contributed by atoms with Gasteiger partial charge in [-0.1, -0.05) is 36.4 Å². The van der Waals surface area contributed by atoms with Gasteiger partial charge >= 0.3 is 5.97 Å². The van der Waals surface area contributed by atoms with E-state index in [0.29, 0.717) is 23.9 Å². The molecular weight excluding hydrogens is 414 g/mol. The number of aliphatic carboxylic acids is 1. The average molecular weight is 436 g/mol. The molecule has 1 aliphatic rings.